The van der Waals surface area contributed by atoms with Crippen molar-refractivity contribution in [3.05, 3.63) is 71.8 Å². The number of halogens is 1. The number of Topliss-reactive ketones (excluding diaryl/α,β-unsaturated/α-hetero) is 2. The van der Waals surface area contributed by atoms with Crippen LogP contribution < -0.4 is 0 Å². The van der Waals surface area contributed by atoms with E-state index in [1.807, 2.05) is 12.1 Å². The van der Waals surface area contributed by atoms with Crippen LogP contribution in [0.2, 0.25) is 0 Å². The molecule has 0 saturated heterocycles. The van der Waals surface area contributed by atoms with Gasteiger partial charge in [0.25, 0.3) is 0 Å². The van der Waals surface area contributed by atoms with Crippen LogP contribution in [-0.4, -0.2) is 23.3 Å². The molecule has 0 radical (unpaired) electrons. The molecule has 0 aliphatic carbocycles. The highest BCUT2D eigenvalue weighted by Gasteiger charge is 2.42. The Morgan fingerprint density at radius 3 is 1.78 bits per heavy atom. The Morgan fingerprint density at radius 2 is 1.35 bits per heavy atom. The summed E-state index contributed by atoms with van der Waals surface area (Å²) in [7, 11) is 0. The molecule has 0 aliphatic rings. The molecule has 0 heterocycles. The molecule has 0 amide bonds. The second-order valence-electron chi connectivity index (χ2n) is 5.32. The van der Waals surface area contributed by atoms with Gasteiger partial charge >= 0.3 is 0 Å². The van der Waals surface area contributed by atoms with E-state index in [2.05, 4.69) is 0 Å². The number of alkyl halides is 1. The number of ketones is 2. The molecule has 2 aromatic rings. The quantitative estimate of drug-likeness (QED) is 0.458. The summed E-state index contributed by atoms with van der Waals surface area (Å²) < 4.78 is 0. The molecule has 0 aromatic heterocycles. The van der Waals surface area contributed by atoms with Crippen molar-refractivity contribution in [3.63, 3.8) is 0 Å². The lowest BCUT2D eigenvalue weighted by Crippen LogP contribution is -2.36. The highest BCUT2D eigenvalue weighted by atomic mass is 35.5. The van der Waals surface area contributed by atoms with Gasteiger partial charge < -0.3 is 5.11 Å². The van der Waals surface area contributed by atoms with Crippen LogP contribution in [0.4, 0.5) is 0 Å². The molecule has 1 N–H and O–H groups in total. The van der Waals surface area contributed by atoms with E-state index in [4.69, 9.17) is 16.7 Å². The molecule has 23 heavy (non-hydrogen) atoms. The van der Waals surface area contributed by atoms with Crippen molar-refractivity contribution in [1.29, 1.82) is 0 Å². The van der Waals surface area contributed by atoms with Gasteiger partial charge in [-0.3, -0.25) is 9.59 Å². The van der Waals surface area contributed by atoms with E-state index in [0.717, 1.165) is 0 Å². The highest BCUT2D eigenvalue weighted by Crippen LogP contribution is 2.38. The van der Waals surface area contributed by atoms with Gasteiger partial charge in [0.2, 0.25) is 11.6 Å². The molecule has 0 saturated carbocycles. The largest absolute Gasteiger partial charge is 0.396 e. The zero-order valence-electron chi connectivity index (χ0n) is 12.7. The average molecular weight is 331 g/mol. The number of hydrogen-bond donors (Lipinski definition) is 1. The maximum Gasteiger partial charge on any atom is 0.228 e. The summed E-state index contributed by atoms with van der Waals surface area (Å²) >= 11 is 6.73. The lowest BCUT2D eigenvalue weighted by Gasteiger charge is -2.26. The van der Waals surface area contributed by atoms with Crippen LogP contribution in [0.15, 0.2) is 60.7 Å². The van der Waals surface area contributed by atoms with Crippen molar-refractivity contribution in [2.24, 2.45) is 0 Å². The summed E-state index contributed by atoms with van der Waals surface area (Å²) in [6.45, 7) is 0.00482. The zero-order valence-corrected chi connectivity index (χ0v) is 13.5. The Kier molecular flexibility index (Phi) is 6.08. The number of aliphatic hydroxyl groups excluding tert-OH is 1. The minimum absolute atomic E-state index is 0.00482. The molecule has 0 fully saturated rings. The van der Waals surface area contributed by atoms with Crippen LogP contribution in [0.5, 0.6) is 0 Å². The summed E-state index contributed by atoms with van der Waals surface area (Å²) in [5.74, 6) is -1.14. The van der Waals surface area contributed by atoms with E-state index in [0.29, 0.717) is 24.0 Å². The van der Waals surface area contributed by atoms with Crippen LogP contribution in [0, 0.1) is 0 Å². The minimum Gasteiger partial charge on any atom is -0.396 e. The monoisotopic (exact) mass is 330 g/mol. The molecule has 3 nitrogen and oxygen atoms in total. The van der Waals surface area contributed by atoms with Gasteiger partial charge in [-0.15, -0.1) is 0 Å². The zero-order chi connectivity index (χ0) is 16.7. The molecule has 0 bridgehead atoms. The Hall–Kier alpha value is -1.97. The number of unbranched alkanes of at least 4 members (excludes halogenated alkanes) is 1. The molecule has 0 aliphatic heterocycles. The van der Waals surface area contributed by atoms with E-state index in [-0.39, 0.29) is 13.0 Å². The SMILES string of the molecule is O=C(CCCCO)C(=O)C(Cl)(c1ccccc1)c1ccccc1. The normalized spacial score (nSPS) is 11.2. The number of carbonyl (C=O) groups is 2. The van der Waals surface area contributed by atoms with Gasteiger partial charge in [0, 0.05) is 13.0 Å². The average Bonchev–Trinajstić information content (AvgIpc) is 2.62. The highest BCUT2D eigenvalue weighted by molar-refractivity contribution is 6.53. The lowest BCUT2D eigenvalue weighted by atomic mass is 9.84. The number of rotatable bonds is 8. The van der Waals surface area contributed by atoms with Gasteiger partial charge in [-0.1, -0.05) is 72.3 Å². The summed E-state index contributed by atoms with van der Waals surface area (Å²) in [4.78, 5) is 23.6. The number of benzene rings is 2. The molecule has 0 spiro atoms. The molecule has 120 valence electrons. The topological polar surface area (TPSA) is 54.4 Å². The van der Waals surface area contributed by atoms with E-state index in [9.17, 15) is 9.59 Å². The number of carbonyl (C=O) groups excluding carboxylic acids is 2. The fourth-order valence-corrected chi connectivity index (χ4v) is 2.82. The van der Waals surface area contributed by atoms with E-state index < -0.39 is 16.4 Å². The minimum atomic E-state index is -1.52. The third-order valence-electron chi connectivity index (χ3n) is 3.72. The van der Waals surface area contributed by atoms with Crippen LogP contribution >= 0.6 is 11.6 Å². The first kappa shape index (κ1) is 17.4. The first-order chi connectivity index (χ1) is 11.1. The van der Waals surface area contributed by atoms with E-state index in [1.165, 1.54) is 0 Å². The second kappa shape index (κ2) is 8.04. The Morgan fingerprint density at radius 1 is 0.870 bits per heavy atom. The predicted octanol–water partition coefficient (Wildman–Crippen LogP) is 3.47. The summed E-state index contributed by atoms with van der Waals surface area (Å²) in [5.41, 5.74) is 1.15. The van der Waals surface area contributed by atoms with Gasteiger partial charge in [-0.05, 0) is 24.0 Å². The van der Waals surface area contributed by atoms with Crippen molar-refractivity contribution >= 4 is 23.2 Å². The third kappa shape index (κ3) is 3.87. The van der Waals surface area contributed by atoms with Gasteiger partial charge in [-0.25, -0.2) is 0 Å². The Balaban J connectivity index is 2.39. The van der Waals surface area contributed by atoms with Crippen molar-refractivity contribution in [3.8, 4) is 0 Å². The lowest BCUT2D eigenvalue weighted by molar-refractivity contribution is -0.137. The van der Waals surface area contributed by atoms with Gasteiger partial charge in [0.15, 0.2) is 4.87 Å². The van der Waals surface area contributed by atoms with Crippen molar-refractivity contribution in [2.45, 2.75) is 24.1 Å². The molecule has 0 atom stereocenters. The molecule has 4 heteroatoms. The summed E-state index contributed by atoms with van der Waals surface area (Å²) in [5, 5.41) is 8.81. The van der Waals surface area contributed by atoms with Gasteiger partial charge in [0.05, 0.1) is 0 Å². The molecule has 2 rings (SSSR count). The maximum absolute atomic E-state index is 12.8. The first-order valence-electron chi connectivity index (χ1n) is 7.59. The molecule has 2 aromatic carbocycles. The number of aliphatic hydroxyl groups is 1. The van der Waals surface area contributed by atoms with Crippen LogP contribution in [0.3, 0.4) is 0 Å². The third-order valence-corrected chi connectivity index (χ3v) is 4.33. The standard InChI is InChI=1S/C19H19ClO3/c20-19(15-9-3-1-4-10-15,16-11-5-2-6-12-16)18(23)17(22)13-7-8-14-21/h1-6,9-12,21H,7-8,13-14H2. The summed E-state index contributed by atoms with van der Waals surface area (Å²) in [6.07, 6.45) is 1.05. The van der Waals surface area contributed by atoms with Crippen LogP contribution in [0.25, 0.3) is 0 Å². The van der Waals surface area contributed by atoms with Crippen molar-refractivity contribution in [1.82, 2.24) is 0 Å². The predicted molar refractivity (Wildman–Crippen MR) is 90.5 cm³/mol. The smallest absolute Gasteiger partial charge is 0.228 e. The van der Waals surface area contributed by atoms with Crippen molar-refractivity contribution in [2.75, 3.05) is 6.61 Å². The maximum atomic E-state index is 12.8. The Bertz CT molecular complexity index is 613. The fourth-order valence-electron chi connectivity index (χ4n) is 2.47. The van der Waals surface area contributed by atoms with Gasteiger partial charge in [0.1, 0.15) is 0 Å². The van der Waals surface area contributed by atoms with Crippen molar-refractivity contribution < 1.29 is 14.7 Å². The molecular weight excluding hydrogens is 312 g/mol. The van der Waals surface area contributed by atoms with Crippen LogP contribution in [0.1, 0.15) is 30.4 Å². The number of hydrogen-bond acceptors (Lipinski definition) is 3. The fraction of sp³-hybridized carbons (Fsp3) is 0.263. The van der Waals surface area contributed by atoms with Crippen LogP contribution in [-0.2, 0) is 14.5 Å². The van der Waals surface area contributed by atoms with E-state index >= 15 is 0 Å². The summed E-state index contributed by atoms with van der Waals surface area (Å²) in [6, 6.07) is 17.8. The first-order valence-corrected chi connectivity index (χ1v) is 7.97. The van der Waals surface area contributed by atoms with Gasteiger partial charge in [-0.2, -0.15) is 0 Å². The molecule has 0 unspecified atom stereocenters. The van der Waals surface area contributed by atoms with E-state index in [1.54, 1.807) is 48.5 Å². The molecular formula is C19H19ClO3. The Labute approximate surface area is 140 Å². The second-order valence-corrected chi connectivity index (χ2v) is 5.89.